The lowest BCUT2D eigenvalue weighted by molar-refractivity contribution is -0.120. The Labute approximate surface area is 155 Å². The lowest BCUT2D eigenvalue weighted by Crippen LogP contribution is -2.26. The van der Waals surface area contributed by atoms with E-state index in [0.717, 1.165) is 24.2 Å². The van der Waals surface area contributed by atoms with Gasteiger partial charge in [-0.3, -0.25) is 4.79 Å². The largest absolute Gasteiger partial charge is 0.494 e. The topological polar surface area (TPSA) is 56.8 Å². The highest BCUT2D eigenvalue weighted by Crippen LogP contribution is 2.27. The average molecular weight is 357 g/mol. The monoisotopic (exact) mass is 357 g/mol. The molecule has 140 valence electrons. The zero-order valence-corrected chi connectivity index (χ0v) is 15.7. The molecule has 2 aromatic rings. The van der Waals surface area contributed by atoms with Crippen LogP contribution in [0.25, 0.3) is 0 Å². The summed E-state index contributed by atoms with van der Waals surface area (Å²) in [6.07, 6.45) is 2.05. The Hall–Kier alpha value is -2.69. The molecule has 5 nitrogen and oxygen atoms in total. The van der Waals surface area contributed by atoms with Gasteiger partial charge in [0.1, 0.15) is 5.75 Å². The molecule has 0 aliphatic rings. The number of hydrogen-bond donors (Lipinski definition) is 1. The third-order valence-corrected chi connectivity index (χ3v) is 4.03. The Morgan fingerprint density at radius 1 is 1.00 bits per heavy atom. The van der Waals surface area contributed by atoms with Crippen LogP contribution in [0.5, 0.6) is 17.2 Å². The van der Waals surface area contributed by atoms with E-state index in [4.69, 9.17) is 14.2 Å². The van der Waals surface area contributed by atoms with Crippen molar-refractivity contribution in [1.29, 1.82) is 0 Å². The van der Waals surface area contributed by atoms with Crippen LogP contribution >= 0.6 is 0 Å². The number of para-hydroxylation sites is 1. The van der Waals surface area contributed by atoms with Crippen molar-refractivity contribution in [1.82, 2.24) is 5.32 Å². The van der Waals surface area contributed by atoms with E-state index in [9.17, 15) is 4.79 Å². The number of hydrogen-bond acceptors (Lipinski definition) is 4. The van der Waals surface area contributed by atoms with Gasteiger partial charge in [0, 0.05) is 6.54 Å². The van der Waals surface area contributed by atoms with E-state index >= 15 is 0 Å². The molecule has 0 saturated carbocycles. The Kier molecular flexibility index (Phi) is 7.80. The Balaban J connectivity index is 1.79. The first-order valence-electron chi connectivity index (χ1n) is 8.86. The molecule has 1 N–H and O–H groups in total. The number of ether oxygens (including phenoxy) is 3. The first kappa shape index (κ1) is 19.6. The molecule has 0 radical (unpaired) electrons. The van der Waals surface area contributed by atoms with Gasteiger partial charge in [-0.05, 0) is 49.1 Å². The molecular weight excluding hydrogens is 330 g/mol. The van der Waals surface area contributed by atoms with Crippen LogP contribution in [-0.2, 0) is 17.6 Å². The fourth-order valence-electron chi connectivity index (χ4n) is 2.75. The van der Waals surface area contributed by atoms with Crippen molar-refractivity contribution in [3.8, 4) is 17.2 Å². The zero-order valence-electron chi connectivity index (χ0n) is 15.7. The van der Waals surface area contributed by atoms with Crippen LogP contribution < -0.4 is 19.5 Å². The van der Waals surface area contributed by atoms with Crippen molar-refractivity contribution < 1.29 is 19.0 Å². The number of methoxy groups -OCH3 is 2. The van der Waals surface area contributed by atoms with Crippen LogP contribution in [0, 0.1) is 0 Å². The van der Waals surface area contributed by atoms with Gasteiger partial charge in [0.05, 0.1) is 27.2 Å². The Bertz CT molecular complexity index is 715. The highest BCUT2D eigenvalue weighted by atomic mass is 16.5. The van der Waals surface area contributed by atoms with Gasteiger partial charge in [-0.15, -0.1) is 0 Å². The number of benzene rings is 2. The summed E-state index contributed by atoms with van der Waals surface area (Å²) in [6, 6.07) is 13.5. The van der Waals surface area contributed by atoms with Gasteiger partial charge in [-0.2, -0.15) is 0 Å². The van der Waals surface area contributed by atoms with Crippen molar-refractivity contribution in [2.45, 2.75) is 26.2 Å². The predicted molar refractivity (Wildman–Crippen MR) is 102 cm³/mol. The fourth-order valence-corrected chi connectivity index (χ4v) is 2.75. The minimum absolute atomic E-state index is 0.00434. The summed E-state index contributed by atoms with van der Waals surface area (Å²) in [5, 5.41) is 2.97. The molecule has 0 aromatic heterocycles. The van der Waals surface area contributed by atoms with Crippen LogP contribution in [0.4, 0.5) is 0 Å². The number of aryl methyl sites for hydroxylation is 1. The van der Waals surface area contributed by atoms with Crippen molar-refractivity contribution in [2.24, 2.45) is 0 Å². The summed E-state index contributed by atoms with van der Waals surface area (Å²) in [5.41, 5.74) is 2.06. The van der Waals surface area contributed by atoms with Crippen molar-refractivity contribution >= 4 is 5.91 Å². The van der Waals surface area contributed by atoms with E-state index in [1.54, 1.807) is 14.2 Å². The maximum absolute atomic E-state index is 12.1. The normalized spacial score (nSPS) is 10.3. The van der Waals surface area contributed by atoms with Crippen LogP contribution in [-0.4, -0.2) is 33.3 Å². The van der Waals surface area contributed by atoms with Crippen LogP contribution in [0.3, 0.4) is 0 Å². The summed E-state index contributed by atoms with van der Waals surface area (Å²) < 4.78 is 16.1. The van der Waals surface area contributed by atoms with Crippen LogP contribution in [0.1, 0.15) is 24.5 Å². The lowest BCUT2D eigenvalue weighted by atomic mass is 10.1. The van der Waals surface area contributed by atoms with E-state index in [1.165, 1.54) is 5.56 Å². The van der Waals surface area contributed by atoms with Crippen LogP contribution in [0.15, 0.2) is 42.5 Å². The van der Waals surface area contributed by atoms with Gasteiger partial charge in [0.15, 0.2) is 11.5 Å². The molecule has 0 atom stereocenters. The minimum Gasteiger partial charge on any atom is -0.494 e. The molecule has 0 fully saturated rings. The highest BCUT2D eigenvalue weighted by molar-refractivity contribution is 5.78. The molecule has 0 spiro atoms. The third-order valence-electron chi connectivity index (χ3n) is 4.03. The Morgan fingerprint density at radius 2 is 1.77 bits per heavy atom. The summed E-state index contributed by atoms with van der Waals surface area (Å²) in [5.74, 6) is 2.21. The van der Waals surface area contributed by atoms with Crippen molar-refractivity contribution in [3.05, 3.63) is 53.6 Å². The number of carbonyl (C=O) groups is 1. The molecule has 0 bridgehead atoms. The van der Waals surface area contributed by atoms with E-state index in [2.05, 4.69) is 11.4 Å². The number of rotatable bonds is 10. The smallest absolute Gasteiger partial charge is 0.224 e. The summed E-state index contributed by atoms with van der Waals surface area (Å²) in [6.45, 7) is 3.26. The second-order valence-corrected chi connectivity index (χ2v) is 5.86. The number of carbonyl (C=O) groups excluding carboxylic acids is 1. The molecule has 0 aliphatic carbocycles. The van der Waals surface area contributed by atoms with Crippen molar-refractivity contribution in [3.63, 3.8) is 0 Å². The third kappa shape index (κ3) is 5.69. The van der Waals surface area contributed by atoms with Crippen LogP contribution in [0.2, 0.25) is 0 Å². The maximum Gasteiger partial charge on any atom is 0.224 e. The fraction of sp³-hybridized carbons (Fsp3) is 0.381. The molecule has 1 amide bonds. The molecule has 2 aromatic carbocycles. The van der Waals surface area contributed by atoms with Gasteiger partial charge >= 0.3 is 0 Å². The summed E-state index contributed by atoms with van der Waals surface area (Å²) >= 11 is 0. The predicted octanol–water partition coefficient (Wildman–Crippen LogP) is 3.39. The van der Waals surface area contributed by atoms with E-state index in [0.29, 0.717) is 31.1 Å². The molecule has 0 aliphatic heterocycles. The second kappa shape index (κ2) is 10.3. The van der Waals surface area contributed by atoms with Gasteiger partial charge < -0.3 is 19.5 Å². The molecule has 26 heavy (non-hydrogen) atoms. The number of amides is 1. The van der Waals surface area contributed by atoms with Gasteiger partial charge in [-0.1, -0.05) is 24.3 Å². The highest BCUT2D eigenvalue weighted by Gasteiger charge is 2.08. The van der Waals surface area contributed by atoms with E-state index in [1.807, 2.05) is 43.3 Å². The first-order valence-corrected chi connectivity index (χ1v) is 8.86. The maximum atomic E-state index is 12.1. The molecule has 0 saturated heterocycles. The van der Waals surface area contributed by atoms with E-state index in [-0.39, 0.29) is 5.91 Å². The zero-order chi connectivity index (χ0) is 18.8. The van der Waals surface area contributed by atoms with Crippen molar-refractivity contribution in [2.75, 3.05) is 27.4 Å². The SMILES string of the molecule is CCOc1ccccc1CCCNC(=O)Cc1ccc(OC)c(OC)c1. The molecule has 0 heterocycles. The molecular formula is C21H27NO4. The molecule has 5 heteroatoms. The summed E-state index contributed by atoms with van der Waals surface area (Å²) in [4.78, 5) is 12.1. The van der Waals surface area contributed by atoms with Gasteiger partial charge in [0.2, 0.25) is 5.91 Å². The average Bonchev–Trinajstić information content (AvgIpc) is 2.66. The van der Waals surface area contributed by atoms with E-state index < -0.39 is 0 Å². The lowest BCUT2D eigenvalue weighted by Gasteiger charge is -2.11. The molecule has 0 unspecified atom stereocenters. The second-order valence-electron chi connectivity index (χ2n) is 5.86. The van der Waals surface area contributed by atoms with Gasteiger partial charge in [-0.25, -0.2) is 0 Å². The van der Waals surface area contributed by atoms with Gasteiger partial charge in [0.25, 0.3) is 0 Å². The number of nitrogens with one attached hydrogen (secondary N) is 1. The minimum atomic E-state index is -0.00434. The Morgan fingerprint density at radius 3 is 2.50 bits per heavy atom. The molecule has 2 rings (SSSR count). The quantitative estimate of drug-likeness (QED) is 0.662. The standard InChI is InChI=1S/C21H27NO4/c1-4-26-18-10-6-5-8-17(18)9-7-13-22-21(23)15-16-11-12-19(24-2)20(14-16)25-3/h5-6,8,10-12,14H,4,7,9,13,15H2,1-3H3,(H,22,23). The first-order chi connectivity index (χ1) is 12.7. The summed E-state index contributed by atoms with van der Waals surface area (Å²) in [7, 11) is 3.18.